The molecule has 0 unspecified atom stereocenters. The molecule has 146 valence electrons. The summed E-state index contributed by atoms with van der Waals surface area (Å²) in [5, 5.41) is 2.38. The van der Waals surface area contributed by atoms with Gasteiger partial charge in [0, 0.05) is 75.9 Å². The molecule has 0 spiro atoms. The Bertz CT molecular complexity index is 1060. The molecule has 0 bridgehead atoms. The number of allylic oxidation sites excluding steroid dienone is 1. The molecular formula is C21H21O4PSY2. The predicted octanol–water partition coefficient (Wildman–Crippen LogP) is 6.04. The van der Waals surface area contributed by atoms with Crippen molar-refractivity contribution in [1.29, 1.82) is 0 Å². The monoisotopic (exact) mass is 578 g/mol. The van der Waals surface area contributed by atoms with Crippen molar-refractivity contribution in [3.63, 3.8) is 0 Å². The first kappa shape index (κ1) is 27.2. The van der Waals surface area contributed by atoms with Crippen LogP contribution < -0.4 is 0 Å². The molecule has 0 heterocycles. The molecule has 3 aromatic rings. The van der Waals surface area contributed by atoms with Gasteiger partial charge in [0.1, 0.15) is 0 Å². The Balaban J connectivity index is 0.00000210. The van der Waals surface area contributed by atoms with Gasteiger partial charge in [0.15, 0.2) is 5.09 Å². The van der Waals surface area contributed by atoms with E-state index >= 15 is 0 Å². The number of aryl methyl sites for hydroxylation is 2. The summed E-state index contributed by atoms with van der Waals surface area (Å²) in [6.07, 6.45) is 0. The number of thioether (sulfide) groups is 1. The Morgan fingerprint density at radius 2 is 1.41 bits per heavy atom. The van der Waals surface area contributed by atoms with Crippen LogP contribution in [0.25, 0.3) is 16.3 Å². The molecule has 3 aromatic carbocycles. The van der Waals surface area contributed by atoms with Crippen LogP contribution in [0.15, 0.2) is 70.7 Å². The minimum Gasteiger partial charge on any atom is -0.397 e. The average molecular weight is 578 g/mol. The number of benzene rings is 3. The first-order chi connectivity index (χ1) is 12.7. The predicted molar refractivity (Wildman–Crippen MR) is 111 cm³/mol. The molecule has 4 nitrogen and oxygen atoms in total. The molecule has 8 heteroatoms. The molecule has 0 aromatic heterocycles. The summed E-state index contributed by atoms with van der Waals surface area (Å²) in [6.45, 7) is 5.84. The molecule has 29 heavy (non-hydrogen) atoms. The van der Waals surface area contributed by atoms with E-state index in [2.05, 4.69) is 6.07 Å². The van der Waals surface area contributed by atoms with E-state index in [0.29, 0.717) is 5.57 Å². The van der Waals surface area contributed by atoms with Crippen molar-refractivity contribution in [2.24, 2.45) is 0 Å². The summed E-state index contributed by atoms with van der Waals surface area (Å²) in [5.41, 5.74) is 3.83. The zero-order chi connectivity index (χ0) is 19.6. The van der Waals surface area contributed by atoms with Gasteiger partial charge < -0.3 is 4.52 Å². The third-order valence-corrected chi connectivity index (χ3v) is 5.80. The topological polar surface area (TPSA) is 66.8 Å². The molecule has 0 amide bonds. The smallest absolute Gasteiger partial charge is 0.397 e. The van der Waals surface area contributed by atoms with Gasteiger partial charge in [0.05, 0.1) is 0 Å². The SMILES string of the molecule is C/C(=C(/OP(=O)(O)O)Sc1ccc(C)cc1)c1ccc2cc(C)ccc2c1.[Y].[Y]. The number of hydrogen-bond donors (Lipinski definition) is 2. The standard InChI is InChI=1S/C21H21O4PS.2Y/c1-14-5-10-20(11-6-14)27-21(25-26(22,23)24)16(3)17-8-9-18-12-15(2)4-7-19(18)13-17;;/h4-13H,1-3H3,(H2,22,23,24);;/b21-16+;;. The summed E-state index contributed by atoms with van der Waals surface area (Å²) in [4.78, 5) is 19.5. The minimum atomic E-state index is -4.68. The summed E-state index contributed by atoms with van der Waals surface area (Å²) < 4.78 is 16.5. The van der Waals surface area contributed by atoms with E-state index in [1.54, 1.807) is 0 Å². The van der Waals surface area contributed by atoms with E-state index < -0.39 is 7.82 Å². The Kier molecular flexibility index (Phi) is 11.0. The van der Waals surface area contributed by atoms with Gasteiger partial charge in [0.2, 0.25) is 0 Å². The van der Waals surface area contributed by atoms with Crippen molar-refractivity contribution in [1.82, 2.24) is 0 Å². The number of rotatable bonds is 5. The molecule has 0 fully saturated rings. The quantitative estimate of drug-likeness (QED) is 0.220. The fraction of sp³-hybridized carbons (Fsp3) is 0.143. The van der Waals surface area contributed by atoms with Crippen LogP contribution >= 0.6 is 19.6 Å². The molecule has 0 aliphatic carbocycles. The molecule has 0 aliphatic heterocycles. The van der Waals surface area contributed by atoms with Gasteiger partial charge in [-0.15, -0.1) is 0 Å². The Morgan fingerprint density at radius 1 is 0.862 bits per heavy atom. The largest absolute Gasteiger partial charge is 0.525 e. The number of phosphoric acid groups is 1. The van der Waals surface area contributed by atoms with E-state index in [4.69, 9.17) is 4.52 Å². The summed E-state index contributed by atoms with van der Waals surface area (Å²) in [6, 6.07) is 19.8. The van der Waals surface area contributed by atoms with Crippen molar-refractivity contribution in [3.8, 4) is 0 Å². The van der Waals surface area contributed by atoms with Crippen LogP contribution in [0.3, 0.4) is 0 Å². The molecule has 2 N–H and O–H groups in total. The fourth-order valence-corrected chi connectivity index (χ4v) is 4.25. The maximum Gasteiger partial charge on any atom is 0.525 e. The van der Waals surface area contributed by atoms with Crippen LogP contribution in [0, 0.1) is 13.8 Å². The van der Waals surface area contributed by atoms with Crippen LogP contribution in [-0.4, -0.2) is 9.79 Å². The molecule has 2 radical (unpaired) electrons. The molecular weight excluding hydrogens is 557 g/mol. The Hall–Kier alpha value is 0.168. The Labute approximate surface area is 225 Å². The first-order valence-corrected chi connectivity index (χ1v) is 10.8. The van der Waals surface area contributed by atoms with Gasteiger partial charge >= 0.3 is 7.82 Å². The molecule has 0 aliphatic rings. The van der Waals surface area contributed by atoms with E-state index in [1.807, 2.05) is 75.4 Å². The van der Waals surface area contributed by atoms with Crippen molar-refractivity contribution >= 4 is 35.9 Å². The van der Waals surface area contributed by atoms with Crippen LogP contribution in [0.5, 0.6) is 0 Å². The zero-order valence-electron chi connectivity index (χ0n) is 16.5. The number of phosphoric ester groups is 1. The second-order valence-corrected chi connectivity index (χ2v) is 8.68. The van der Waals surface area contributed by atoms with Crippen molar-refractivity contribution in [2.45, 2.75) is 25.7 Å². The van der Waals surface area contributed by atoms with Gasteiger partial charge in [0.25, 0.3) is 0 Å². The third-order valence-electron chi connectivity index (χ3n) is 4.17. The van der Waals surface area contributed by atoms with E-state index in [1.165, 1.54) is 17.3 Å². The van der Waals surface area contributed by atoms with E-state index in [0.717, 1.165) is 26.8 Å². The molecule has 0 saturated carbocycles. The third kappa shape index (κ3) is 7.98. The van der Waals surface area contributed by atoms with E-state index in [9.17, 15) is 14.4 Å². The second-order valence-electron chi connectivity index (χ2n) is 6.47. The second kappa shape index (κ2) is 11.7. The molecule has 0 saturated heterocycles. The summed E-state index contributed by atoms with van der Waals surface area (Å²) in [5.74, 6) is 0. The average Bonchev–Trinajstić information content (AvgIpc) is 2.61. The zero-order valence-corrected chi connectivity index (χ0v) is 23.9. The van der Waals surface area contributed by atoms with Crippen LogP contribution in [0.2, 0.25) is 0 Å². The van der Waals surface area contributed by atoms with Gasteiger partial charge in [-0.1, -0.05) is 65.4 Å². The van der Waals surface area contributed by atoms with Gasteiger partial charge in [-0.2, -0.15) is 0 Å². The normalized spacial score (nSPS) is 11.9. The first-order valence-electron chi connectivity index (χ1n) is 8.42. The van der Waals surface area contributed by atoms with Crippen molar-refractivity contribution in [2.75, 3.05) is 0 Å². The van der Waals surface area contributed by atoms with Gasteiger partial charge in [-0.25, -0.2) is 4.57 Å². The maximum absolute atomic E-state index is 11.5. The number of fused-ring (bicyclic) bond motifs is 1. The van der Waals surface area contributed by atoms with Gasteiger partial charge in [-0.3, -0.25) is 9.79 Å². The fourth-order valence-electron chi connectivity index (χ4n) is 2.70. The van der Waals surface area contributed by atoms with Crippen molar-refractivity contribution < 1.29 is 84.3 Å². The van der Waals surface area contributed by atoms with Crippen LogP contribution in [-0.2, 0) is 74.5 Å². The van der Waals surface area contributed by atoms with Crippen LogP contribution in [0.4, 0.5) is 0 Å². The maximum atomic E-state index is 11.5. The minimum absolute atomic E-state index is 0. The molecule has 0 atom stereocenters. The van der Waals surface area contributed by atoms with Crippen molar-refractivity contribution in [3.05, 3.63) is 82.4 Å². The Morgan fingerprint density at radius 3 is 2.03 bits per heavy atom. The number of hydrogen-bond acceptors (Lipinski definition) is 3. The molecule has 3 rings (SSSR count). The van der Waals surface area contributed by atoms with Crippen LogP contribution in [0.1, 0.15) is 23.6 Å². The van der Waals surface area contributed by atoms with Gasteiger partial charge in [-0.05, 0) is 55.3 Å². The summed E-state index contributed by atoms with van der Waals surface area (Å²) >= 11 is 1.20. The van der Waals surface area contributed by atoms with E-state index in [-0.39, 0.29) is 70.5 Å². The summed E-state index contributed by atoms with van der Waals surface area (Å²) in [7, 11) is -4.68.